The van der Waals surface area contributed by atoms with E-state index in [-0.39, 0.29) is 0 Å². The van der Waals surface area contributed by atoms with Gasteiger partial charge in [-0.05, 0) is 36.8 Å². The molecule has 1 aromatic rings. The fourth-order valence-corrected chi connectivity index (χ4v) is 3.37. The smallest absolute Gasteiger partial charge is 0.140 e. The van der Waals surface area contributed by atoms with Crippen molar-refractivity contribution in [2.24, 2.45) is 17.6 Å². The first-order valence-electron chi connectivity index (χ1n) is 6.64. The van der Waals surface area contributed by atoms with Crippen molar-refractivity contribution in [2.45, 2.75) is 25.3 Å². The Labute approximate surface area is 107 Å². The van der Waals surface area contributed by atoms with E-state index in [1.54, 1.807) is 12.3 Å². The van der Waals surface area contributed by atoms with E-state index in [4.69, 9.17) is 11.0 Å². The lowest BCUT2D eigenvalue weighted by atomic mass is 9.78. The van der Waals surface area contributed by atoms with Gasteiger partial charge in [0.25, 0.3) is 0 Å². The lowest BCUT2D eigenvalue weighted by Crippen LogP contribution is -2.38. The Morgan fingerprint density at radius 2 is 2.22 bits per heavy atom. The minimum atomic E-state index is 0.361. The second-order valence-corrected chi connectivity index (χ2v) is 5.44. The molecule has 2 aliphatic rings. The van der Waals surface area contributed by atoms with Crippen molar-refractivity contribution in [3.05, 3.63) is 24.0 Å². The molecule has 3 rings (SSSR count). The summed E-state index contributed by atoms with van der Waals surface area (Å²) in [5.74, 6) is 1.37. The van der Waals surface area contributed by atoms with Crippen molar-refractivity contribution in [2.75, 3.05) is 18.0 Å². The van der Waals surface area contributed by atoms with Gasteiger partial charge >= 0.3 is 0 Å². The van der Waals surface area contributed by atoms with Crippen LogP contribution >= 0.6 is 0 Å². The number of hydrogen-bond donors (Lipinski definition) is 1. The summed E-state index contributed by atoms with van der Waals surface area (Å²) >= 11 is 0. The molecule has 1 aromatic heterocycles. The highest BCUT2D eigenvalue weighted by molar-refractivity contribution is 5.47. The van der Waals surface area contributed by atoms with Gasteiger partial charge in [0.05, 0.1) is 11.9 Å². The maximum atomic E-state index is 8.75. The van der Waals surface area contributed by atoms with Gasteiger partial charge in [0.2, 0.25) is 0 Å². The molecule has 2 heterocycles. The molecule has 1 aliphatic heterocycles. The van der Waals surface area contributed by atoms with Crippen LogP contribution in [-0.2, 0) is 0 Å². The first-order chi connectivity index (χ1) is 8.78. The molecule has 2 fully saturated rings. The Bertz CT molecular complexity index is 462. The van der Waals surface area contributed by atoms with Gasteiger partial charge in [-0.2, -0.15) is 5.26 Å². The van der Waals surface area contributed by atoms with Gasteiger partial charge in [0.15, 0.2) is 0 Å². The molecule has 4 nitrogen and oxygen atoms in total. The van der Waals surface area contributed by atoms with Crippen molar-refractivity contribution in [1.82, 2.24) is 4.98 Å². The lowest BCUT2D eigenvalue weighted by Gasteiger charge is -2.29. The molecular weight excluding hydrogens is 224 g/mol. The minimum Gasteiger partial charge on any atom is -0.370 e. The quantitative estimate of drug-likeness (QED) is 0.810. The van der Waals surface area contributed by atoms with Crippen LogP contribution in [0, 0.1) is 23.2 Å². The van der Waals surface area contributed by atoms with Crippen molar-refractivity contribution in [3.63, 3.8) is 0 Å². The number of nitrogens with two attached hydrogens (primary N) is 1. The number of nitrogens with zero attached hydrogens (tertiary/aromatic N) is 3. The van der Waals surface area contributed by atoms with Gasteiger partial charge in [-0.15, -0.1) is 0 Å². The molecular formula is C14H18N4. The van der Waals surface area contributed by atoms with Gasteiger partial charge in [-0.3, -0.25) is 0 Å². The van der Waals surface area contributed by atoms with Crippen LogP contribution in [0.1, 0.15) is 25.0 Å². The Hall–Kier alpha value is -1.60. The number of rotatable bonds is 1. The van der Waals surface area contributed by atoms with Crippen LogP contribution in [0.3, 0.4) is 0 Å². The number of pyridine rings is 1. The summed E-state index contributed by atoms with van der Waals surface area (Å²) in [7, 11) is 0. The maximum absolute atomic E-state index is 8.75. The number of nitriles is 1. The van der Waals surface area contributed by atoms with Crippen LogP contribution in [0.15, 0.2) is 18.3 Å². The molecule has 94 valence electrons. The predicted octanol–water partition coefficient (Wildman–Crippen LogP) is 1.52. The second-order valence-electron chi connectivity index (χ2n) is 5.44. The number of anilines is 1. The number of aromatic nitrogens is 1. The Morgan fingerprint density at radius 3 is 2.89 bits per heavy atom. The van der Waals surface area contributed by atoms with Gasteiger partial charge in [-0.25, -0.2) is 4.98 Å². The highest BCUT2D eigenvalue weighted by Gasteiger charge is 2.38. The SMILES string of the molecule is N#Cc1ccc(N2CC3CCCC(N)C3C2)cn1. The van der Waals surface area contributed by atoms with Crippen LogP contribution < -0.4 is 10.6 Å². The summed E-state index contributed by atoms with van der Waals surface area (Å²) in [6.45, 7) is 2.13. The molecule has 4 heteroatoms. The van der Waals surface area contributed by atoms with Gasteiger partial charge in [0.1, 0.15) is 11.8 Å². The molecule has 0 radical (unpaired) electrons. The van der Waals surface area contributed by atoms with E-state index < -0.39 is 0 Å². The van der Waals surface area contributed by atoms with Gasteiger partial charge < -0.3 is 10.6 Å². The average Bonchev–Trinajstić information content (AvgIpc) is 2.84. The zero-order chi connectivity index (χ0) is 12.5. The molecule has 1 saturated carbocycles. The topological polar surface area (TPSA) is 65.9 Å². The molecule has 1 saturated heterocycles. The molecule has 0 amide bonds. The fourth-order valence-electron chi connectivity index (χ4n) is 3.37. The highest BCUT2D eigenvalue weighted by atomic mass is 15.2. The van der Waals surface area contributed by atoms with E-state index in [0.717, 1.165) is 24.7 Å². The summed E-state index contributed by atoms with van der Waals surface area (Å²) in [5, 5.41) is 8.75. The summed E-state index contributed by atoms with van der Waals surface area (Å²) in [6.07, 6.45) is 5.54. The summed E-state index contributed by atoms with van der Waals surface area (Å²) in [4.78, 5) is 6.51. The van der Waals surface area contributed by atoms with E-state index in [9.17, 15) is 0 Å². The fraction of sp³-hybridized carbons (Fsp3) is 0.571. The van der Waals surface area contributed by atoms with Gasteiger partial charge in [0, 0.05) is 19.1 Å². The summed E-state index contributed by atoms with van der Waals surface area (Å²) in [6, 6.07) is 6.20. The standard InChI is InChI=1S/C14H18N4/c15-6-11-4-5-12(7-17-11)18-8-10-2-1-3-14(16)13(10)9-18/h4-5,7,10,13-14H,1-3,8-9,16H2. The Morgan fingerprint density at radius 1 is 1.33 bits per heavy atom. The summed E-state index contributed by atoms with van der Waals surface area (Å²) < 4.78 is 0. The third-order valence-corrected chi connectivity index (χ3v) is 4.38. The zero-order valence-electron chi connectivity index (χ0n) is 10.4. The van der Waals surface area contributed by atoms with Crippen LogP contribution in [0.2, 0.25) is 0 Å². The molecule has 18 heavy (non-hydrogen) atoms. The molecule has 0 bridgehead atoms. The van der Waals surface area contributed by atoms with Gasteiger partial charge in [-0.1, -0.05) is 6.42 Å². The van der Waals surface area contributed by atoms with Crippen LogP contribution in [0.4, 0.5) is 5.69 Å². The Kier molecular flexibility index (Phi) is 2.92. The zero-order valence-corrected chi connectivity index (χ0v) is 10.4. The van der Waals surface area contributed by atoms with Crippen molar-refractivity contribution < 1.29 is 0 Å². The van der Waals surface area contributed by atoms with Crippen molar-refractivity contribution >= 4 is 5.69 Å². The molecule has 2 N–H and O–H groups in total. The summed E-state index contributed by atoms with van der Waals surface area (Å²) in [5.41, 5.74) is 7.82. The highest BCUT2D eigenvalue weighted by Crippen LogP contribution is 2.37. The van der Waals surface area contributed by atoms with Crippen LogP contribution in [0.25, 0.3) is 0 Å². The molecule has 0 spiro atoms. The van der Waals surface area contributed by atoms with Crippen molar-refractivity contribution in [1.29, 1.82) is 5.26 Å². The molecule has 3 atom stereocenters. The Balaban J connectivity index is 1.76. The van der Waals surface area contributed by atoms with E-state index >= 15 is 0 Å². The average molecular weight is 242 g/mol. The third-order valence-electron chi connectivity index (χ3n) is 4.38. The molecule has 1 aliphatic carbocycles. The first-order valence-corrected chi connectivity index (χ1v) is 6.64. The van der Waals surface area contributed by atoms with Crippen LogP contribution in [0.5, 0.6) is 0 Å². The molecule has 0 aromatic carbocycles. The monoisotopic (exact) mass is 242 g/mol. The maximum Gasteiger partial charge on any atom is 0.140 e. The minimum absolute atomic E-state index is 0.361. The van der Waals surface area contributed by atoms with E-state index in [1.165, 1.54) is 19.3 Å². The third kappa shape index (κ3) is 1.95. The molecule has 3 unspecified atom stereocenters. The predicted molar refractivity (Wildman–Crippen MR) is 70.0 cm³/mol. The van der Waals surface area contributed by atoms with Crippen molar-refractivity contribution in [3.8, 4) is 6.07 Å². The largest absolute Gasteiger partial charge is 0.370 e. The van der Waals surface area contributed by atoms with E-state index in [0.29, 0.717) is 17.7 Å². The normalized spacial score (nSPS) is 30.9. The number of fused-ring (bicyclic) bond motifs is 1. The first kappa shape index (κ1) is 11.5. The van der Waals surface area contributed by atoms with E-state index in [2.05, 4.69) is 16.0 Å². The number of hydrogen-bond acceptors (Lipinski definition) is 4. The van der Waals surface area contributed by atoms with Crippen LogP contribution in [-0.4, -0.2) is 24.1 Å². The lowest BCUT2D eigenvalue weighted by molar-refractivity contribution is 0.260. The second kappa shape index (κ2) is 4.58. The van der Waals surface area contributed by atoms with E-state index in [1.807, 2.05) is 6.07 Å².